The summed E-state index contributed by atoms with van der Waals surface area (Å²) in [6, 6.07) is 8.68. The zero-order valence-corrected chi connectivity index (χ0v) is 21.9. The molecule has 0 saturated heterocycles. The van der Waals surface area contributed by atoms with Crippen LogP contribution in [-0.2, 0) is 26.9 Å². The van der Waals surface area contributed by atoms with Gasteiger partial charge in [-0.25, -0.2) is 0 Å². The first-order valence-corrected chi connectivity index (χ1v) is 13.1. The van der Waals surface area contributed by atoms with Crippen LogP contribution in [0.3, 0.4) is 0 Å². The van der Waals surface area contributed by atoms with E-state index < -0.39 is 34.2 Å². The van der Waals surface area contributed by atoms with Crippen LogP contribution in [0.5, 0.6) is 5.75 Å². The largest absolute Gasteiger partial charge is 0.488 e. The number of aryl methyl sites for hydroxylation is 1. The molecule has 4 rings (SSSR count). The van der Waals surface area contributed by atoms with Crippen molar-refractivity contribution >= 4 is 23.2 Å². The average molecular weight is 565 g/mol. The lowest BCUT2D eigenvalue weighted by molar-refractivity contribution is -0.388. The minimum atomic E-state index is -4.84. The Labute approximate surface area is 228 Å². The number of hydrogen-bond donors (Lipinski definition) is 3. The summed E-state index contributed by atoms with van der Waals surface area (Å²) in [6.45, 7) is 2.57. The third-order valence-electron chi connectivity index (χ3n) is 6.94. The van der Waals surface area contributed by atoms with Crippen molar-refractivity contribution in [3.8, 4) is 5.75 Å². The van der Waals surface area contributed by atoms with Crippen LogP contribution in [0.1, 0.15) is 42.4 Å². The van der Waals surface area contributed by atoms with Gasteiger partial charge in [0.15, 0.2) is 0 Å². The molecule has 13 heteroatoms. The van der Waals surface area contributed by atoms with E-state index in [9.17, 15) is 32.9 Å². The van der Waals surface area contributed by atoms with Crippen molar-refractivity contribution in [3.05, 3.63) is 63.2 Å². The number of anilines is 1. The standard InChI is InChI=1S/C27H31F3N4O6/c1-16-2-9-24-17(12-16)13-21(40-24)15-32-26(36)25(35)31-10-11-39-20-6-3-18(4-7-20)33-19-5-8-23(34(37)38)22(14-19)27(28,29)30/h2,5,8-9,12,14,18,20-21,33H,3-4,6-7,10-11,13,15H2,1H3,(H,31,35)(H,32,36)/t18-,20-,21?. The fraction of sp³-hybridized carbons (Fsp3) is 0.481. The summed E-state index contributed by atoms with van der Waals surface area (Å²) in [7, 11) is 0. The second-order valence-electron chi connectivity index (χ2n) is 10.00. The number of amides is 2. The van der Waals surface area contributed by atoms with Gasteiger partial charge >= 0.3 is 18.0 Å². The molecule has 3 N–H and O–H groups in total. The molecule has 0 aromatic heterocycles. The number of carbonyl (C=O) groups excluding carboxylic acids is 2. The second kappa shape index (κ2) is 12.5. The number of rotatable bonds is 9. The molecular weight excluding hydrogens is 533 g/mol. The number of hydrogen-bond acceptors (Lipinski definition) is 7. The number of fused-ring (bicyclic) bond motifs is 1. The Kier molecular flexibility index (Phi) is 9.13. The smallest absolute Gasteiger partial charge is 0.423 e. The van der Waals surface area contributed by atoms with Crippen molar-refractivity contribution in [2.24, 2.45) is 0 Å². The predicted octanol–water partition coefficient (Wildman–Crippen LogP) is 3.90. The Morgan fingerprint density at radius 3 is 2.50 bits per heavy atom. The van der Waals surface area contributed by atoms with E-state index >= 15 is 0 Å². The summed E-state index contributed by atoms with van der Waals surface area (Å²) in [5.74, 6) is -0.718. The second-order valence-corrected chi connectivity index (χ2v) is 10.00. The Balaban J connectivity index is 1.11. The molecule has 1 unspecified atom stereocenters. The summed E-state index contributed by atoms with van der Waals surface area (Å²) in [5.41, 5.74) is 0.102. The van der Waals surface area contributed by atoms with Crippen LogP contribution in [0.15, 0.2) is 36.4 Å². The van der Waals surface area contributed by atoms with Gasteiger partial charge in [-0.2, -0.15) is 13.2 Å². The lowest BCUT2D eigenvalue weighted by Gasteiger charge is -2.30. The van der Waals surface area contributed by atoms with E-state index in [2.05, 4.69) is 16.0 Å². The Morgan fingerprint density at radius 2 is 1.80 bits per heavy atom. The maximum Gasteiger partial charge on any atom is 0.423 e. The highest BCUT2D eigenvalue weighted by Crippen LogP contribution is 2.38. The summed E-state index contributed by atoms with van der Waals surface area (Å²) in [6.07, 6.45) is -1.94. The molecule has 2 aromatic rings. The van der Waals surface area contributed by atoms with E-state index in [1.807, 2.05) is 25.1 Å². The zero-order chi connectivity index (χ0) is 28.9. The van der Waals surface area contributed by atoms with Gasteiger partial charge in [-0.3, -0.25) is 19.7 Å². The molecule has 10 nitrogen and oxygen atoms in total. The quantitative estimate of drug-likeness (QED) is 0.182. The van der Waals surface area contributed by atoms with Gasteiger partial charge in [0.2, 0.25) is 0 Å². The van der Waals surface area contributed by atoms with E-state index in [0.717, 1.165) is 29.0 Å². The van der Waals surface area contributed by atoms with Crippen molar-refractivity contribution in [1.82, 2.24) is 10.6 Å². The number of nitro benzene ring substituents is 1. The Morgan fingerprint density at radius 1 is 1.07 bits per heavy atom. The molecule has 1 atom stereocenters. The van der Waals surface area contributed by atoms with Gasteiger partial charge in [0.25, 0.3) is 5.69 Å². The van der Waals surface area contributed by atoms with E-state index in [4.69, 9.17) is 9.47 Å². The number of ether oxygens (including phenoxy) is 2. The first kappa shape index (κ1) is 29.1. The van der Waals surface area contributed by atoms with Gasteiger partial charge in [0, 0.05) is 30.8 Å². The average Bonchev–Trinajstić information content (AvgIpc) is 3.32. The van der Waals surface area contributed by atoms with Crippen molar-refractivity contribution in [2.45, 2.75) is 63.5 Å². The van der Waals surface area contributed by atoms with Crippen LogP contribution in [-0.4, -0.2) is 54.7 Å². The number of halogens is 3. The first-order chi connectivity index (χ1) is 19.0. The van der Waals surface area contributed by atoms with Crippen LogP contribution >= 0.6 is 0 Å². The van der Waals surface area contributed by atoms with Crippen LogP contribution in [0.4, 0.5) is 24.5 Å². The summed E-state index contributed by atoms with van der Waals surface area (Å²) >= 11 is 0. The molecule has 0 radical (unpaired) electrons. The lowest BCUT2D eigenvalue weighted by Crippen LogP contribution is -2.44. The minimum absolute atomic E-state index is 0.0869. The number of nitro groups is 1. The maximum absolute atomic E-state index is 13.2. The van der Waals surface area contributed by atoms with Crippen LogP contribution < -0.4 is 20.7 Å². The number of nitrogens with zero attached hydrogens (tertiary/aromatic N) is 1. The van der Waals surface area contributed by atoms with E-state index in [0.29, 0.717) is 32.1 Å². The van der Waals surface area contributed by atoms with E-state index in [1.165, 1.54) is 6.07 Å². The highest BCUT2D eigenvalue weighted by molar-refractivity contribution is 6.35. The lowest BCUT2D eigenvalue weighted by atomic mass is 9.92. The normalized spacial score (nSPS) is 20.2. The van der Waals surface area contributed by atoms with Crippen molar-refractivity contribution in [3.63, 3.8) is 0 Å². The Hall–Kier alpha value is -3.87. The number of benzene rings is 2. The molecule has 1 heterocycles. The fourth-order valence-corrected chi connectivity index (χ4v) is 4.94. The summed E-state index contributed by atoms with van der Waals surface area (Å²) in [5, 5.41) is 19.1. The van der Waals surface area contributed by atoms with Gasteiger partial charge in [-0.15, -0.1) is 0 Å². The molecule has 40 heavy (non-hydrogen) atoms. The van der Waals surface area contributed by atoms with E-state index in [1.54, 1.807) is 0 Å². The molecule has 1 saturated carbocycles. The van der Waals surface area contributed by atoms with Gasteiger partial charge in [0.05, 0.1) is 24.2 Å². The molecular formula is C27H31F3N4O6. The monoisotopic (exact) mass is 564 g/mol. The van der Waals surface area contributed by atoms with Gasteiger partial charge in [0.1, 0.15) is 17.4 Å². The zero-order valence-electron chi connectivity index (χ0n) is 21.9. The number of carbonyl (C=O) groups is 2. The maximum atomic E-state index is 13.2. The van der Waals surface area contributed by atoms with Crippen molar-refractivity contribution in [2.75, 3.05) is 25.0 Å². The van der Waals surface area contributed by atoms with Gasteiger partial charge in [-0.05, 0) is 56.4 Å². The van der Waals surface area contributed by atoms with Gasteiger partial charge < -0.3 is 25.4 Å². The number of alkyl halides is 3. The Bertz CT molecular complexity index is 1250. The third kappa shape index (κ3) is 7.62. The summed E-state index contributed by atoms with van der Waals surface area (Å²) in [4.78, 5) is 34.1. The first-order valence-electron chi connectivity index (χ1n) is 13.1. The highest BCUT2D eigenvalue weighted by atomic mass is 19.4. The highest BCUT2D eigenvalue weighted by Gasteiger charge is 2.38. The van der Waals surface area contributed by atoms with Gasteiger partial charge in [-0.1, -0.05) is 17.7 Å². The fourth-order valence-electron chi connectivity index (χ4n) is 4.94. The minimum Gasteiger partial charge on any atom is -0.488 e. The molecule has 1 aliphatic heterocycles. The molecule has 2 amide bonds. The molecule has 216 valence electrons. The molecule has 2 aliphatic rings. The topological polar surface area (TPSA) is 132 Å². The molecule has 0 bridgehead atoms. The van der Waals surface area contributed by atoms with Crippen molar-refractivity contribution in [1.29, 1.82) is 0 Å². The van der Waals surface area contributed by atoms with Crippen LogP contribution in [0.25, 0.3) is 0 Å². The molecule has 1 fully saturated rings. The predicted molar refractivity (Wildman–Crippen MR) is 139 cm³/mol. The van der Waals surface area contributed by atoms with E-state index in [-0.39, 0.29) is 43.6 Å². The van der Waals surface area contributed by atoms with Crippen molar-refractivity contribution < 1.29 is 37.2 Å². The molecule has 2 aromatic carbocycles. The third-order valence-corrected chi connectivity index (χ3v) is 6.94. The van der Waals surface area contributed by atoms with Crippen LogP contribution in [0, 0.1) is 17.0 Å². The summed E-state index contributed by atoms with van der Waals surface area (Å²) < 4.78 is 51.2. The number of nitrogens with one attached hydrogen (secondary N) is 3. The van der Waals surface area contributed by atoms with Crippen LogP contribution in [0.2, 0.25) is 0 Å². The SMILES string of the molecule is Cc1ccc2c(c1)CC(CNC(=O)C(=O)NCCO[C@H]1CC[C@H](Nc3ccc([N+](=O)[O-])c(C(F)(F)F)c3)CC1)O2. The molecule has 0 spiro atoms. The molecule has 1 aliphatic carbocycles.